The molecule has 0 aliphatic carbocycles. The third-order valence-corrected chi connectivity index (χ3v) is 4.17. The lowest BCUT2D eigenvalue weighted by atomic mass is 9.98. The molecule has 1 saturated heterocycles. The number of para-hydroxylation sites is 1. The number of benzene rings is 1. The zero-order chi connectivity index (χ0) is 15.9. The van der Waals surface area contributed by atoms with Crippen LogP contribution in [0, 0.1) is 5.92 Å². The molecular weight excluding hydrogens is 292 g/mol. The second-order valence-corrected chi connectivity index (χ2v) is 6.16. The summed E-state index contributed by atoms with van der Waals surface area (Å²) in [6.45, 7) is 3.90. The van der Waals surface area contributed by atoms with Crippen LogP contribution >= 0.6 is 0 Å². The Labute approximate surface area is 136 Å². The Balaban J connectivity index is 1.41. The quantitative estimate of drug-likeness (QED) is 0.837. The third-order valence-electron chi connectivity index (χ3n) is 4.17. The van der Waals surface area contributed by atoms with Crippen molar-refractivity contribution < 1.29 is 9.84 Å². The van der Waals surface area contributed by atoms with Gasteiger partial charge in [0.25, 0.3) is 0 Å². The number of ether oxygens (including phenoxy) is 1. The summed E-state index contributed by atoms with van der Waals surface area (Å²) in [4.78, 5) is 6.31. The summed E-state index contributed by atoms with van der Waals surface area (Å²) in [7, 11) is 0. The minimum atomic E-state index is -0.472. The smallest absolute Gasteiger partial charge is 0.137 e. The molecule has 3 rings (SSSR count). The van der Waals surface area contributed by atoms with Crippen LogP contribution in [0.1, 0.15) is 12.8 Å². The van der Waals surface area contributed by atoms with E-state index < -0.39 is 6.10 Å². The van der Waals surface area contributed by atoms with Gasteiger partial charge >= 0.3 is 0 Å². The average molecular weight is 316 g/mol. The van der Waals surface area contributed by atoms with E-state index in [9.17, 15) is 5.11 Å². The second kappa shape index (κ2) is 8.08. The Hall–Kier alpha value is -1.92. The van der Waals surface area contributed by atoms with Gasteiger partial charge in [0.1, 0.15) is 31.1 Å². The molecule has 0 bridgehead atoms. The Morgan fingerprint density at radius 3 is 2.96 bits per heavy atom. The zero-order valence-electron chi connectivity index (χ0n) is 13.3. The number of nitrogens with zero attached hydrogens (tertiary/aromatic N) is 4. The monoisotopic (exact) mass is 316 g/mol. The first kappa shape index (κ1) is 16.0. The molecule has 23 heavy (non-hydrogen) atoms. The van der Waals surface area contributed by atoms with Gasteiger partial charge in [-0.3, -0.25) is 4.68 Å². The largest absolute Gasteiger partial charge is 0.491 e. The number of likely N-dealkylation sites (tertiary alicyclic amines) is 1. The predicted octanol–water partition coefficient (Wildman–Crippen LogP) is 1.43. The summed E-state index contributed by atoms with van der Waals surface area (Å²) in [5.41, 5.74) is 0. The van der Waals surface area contributed by atoms with E-state index in [0.717, 1.165) is 31.8 Å². The van der Waals surface area contributed by atoms with Gasteiger partial charge in [0, 0.05) is 19.6 Å². The lowest BCUT2D eigenvalue weighted by Gasteiger charge is -2.33. The van der Waals surface area contributed by atoms with Gasteiger partial charge in [0.05, 0.1) is 0 Å². The standard InChI is InChI=1S/C17H24N4O2/c22-16(12-23-17-6-2-1-3-7-17)11-20-8-4-5-15(9-20)10-21-14-18-13-19-21/h1-3,6-7,13-16,22H,4-5,8-12H2/t15-,16-/m0/s1. The number of aliphatic hydroxyl groups is 1. The van der Waals surface area contributed by atoms with Crippen molar-refractivity contribution in [3.05, 3.63) is 43.0 Å². The number of hydrogen-bond acceptors (Lipinski definition) is 5. The maximum Gasteiger partial charge on any atom is 0.137 e. The molecule has 1 fully saturated rings. The van der Waals surface area contributed by atoms with Crippen molar-refractivity contribution in [3.8, 4) is 5.75 Å². The molecule has 0 saturated carbocycles. The highest BCUT2D eigenvalue weighted by atomic mass is 16.5. The molecule has 124 valence electrons. The first-order chi connectivity index (χ1) is 11.3. The molecule has 0 radical (unpaired) electrons. The summed E-state index contributed by atoms with van der Waals surface area (Å²) >= 11 is 0. The lowest BCUT2D eigenvalue weighted by molar-refractivity contribution is 0.0495. The van der Waals surface area contributed by atoms with Gasteiger partial charge in [0.15, 0.2) is 0 Å². The third kappa shape index (κ3) is 5.04. The minimum Gasteiger partial charge on any atom is -0.491 e. The first-order valence-electron chi connectivity index (χ1n) is 8.20. The average Bonchev–Trinajstić information content (AvgIpc) is 3.07. The zero-order valence-corrected chi connectivity index (χ0v) is 13.3. The van der Waals surface area contributed by atoms with Gasteiger partial charge in [-0.25, -0.2) is 4.98 Å². The first-order valence-corrected chi connectivity index (χ1v) is 8.20. The van der Waals surface area contributed by atoms with E-state index >= 15 is 0 Å². The van der Waals surface area contributed by atoms with Crippen LogP contribution in [-0.2, 0) is 6.54 Å². The van der Waals surface area contributed by atoms with Gasteiger partial charge in [0.2, 0.25) is 0 Å². The van der Waals surface area contributed by atoms with E-state index in [1.807, 2.05) is 35.0 Å². The fourth-order valence-corrected chi connectivity index (χ4v) is 3.12. The van der Waals surface area contributed by atoms with Crippen LogP contribution in [0.4, 0.5) is 0 Å². The van der Waals surface area contributed by atoms with Gasteiger partial charge in [-0.1, -0.05) is 18.2 Å². The maximum atomic E-state index is 10.2. The Kier molecular flexibility index (Phi) is 5.60. The summed E-state index contributed by atoms with van der Waals surface area (Å²) in [5.74, 6) is 1.36. The molecule has 1 aromatic heterocycles. The van der Waals surface area contributed by atoms with Gasteiger partial charge in [-0.15, -0.1) is 0 Å². The number of β-amino-alcohol motifs (C(OH)–C–C–N with tert-alkyl or cyclic N) is 1. The van der Waals surface area contributed by atoms with E-state index in [2.05, 4.69) is 15.0 Å². The number of aliphatic hydroxyl groups excluding tert-OH is 1. The van der Waals surface area contributed by atoms with E-state index in [1.54, 1.807) is 12.7 Å². The Morgan fingerprint density at radius 2 is 2.17 bits per heavy atom. The van der Waals surface area contributed by atoms with Crippen LogP contribution in [-0.4, -0.2) is 57.1 Å². The summed E-state index contributed by atoms with van der Waals surface area (Å²) in [6, 6.07) is 9.62. The van der Waals surface area contributed by atoms with E-state index in [0.29, 0.717) is 19.1 Å². The lowest BCUT2D eigenvalue weighted by Crippen LogP contribution is -2.42. The number of rotatable bonds is 7. The van der Waals surface area contributed by atoms with Gasteiger partial charge < -0.3 is 14.7 Å². The minimum absolute atomic E-state index is 0.328. The van der Waals surface area contributed by atoms with Crippen LogP contribution in [0.5, 0.6) is 5.75 Å². The van der Waals surface area contributed by atoms with Gasteiger partial charge in [-0.05, 0) is 37.4 Å². The number of aromatic nitrogens is 3. The highest BCUT2D eigenvalue weighted by molar-refractivity contribution is 5.20. The van der Waals surface area contributed by atoms with Crippen LogP contribution in [0.25, 0.3) is 0 Å². The molecule has 0 unspecified atom stereocenters. The second-order valence-electron chi connectivity index (χ2n) is 6.16. The summed E-state index contributed by atoms with van der Waals surface area (Å²) in [6.07, 6.45) is 5.23. The highest BCUT2D eigenvalue weighted by Crippen LogP contribution is 2.18. The van der Waals surface area contributed by atoms with E-state index in [-0.39, 0.29) is 0 Å². The molecule has 1 aliphatic rings. The van der Waals surface area contributed by atoms with Crippen molar-refractivity contribution in [2.45, 2.75) is 25.5 Å². The van der Waals surface area contributed by atoms with Crippen molar-refractivity contribution in [1.82, 2.24) is 19.7 Å². The Bertz CT molecular complexity index is 561. The maximum absolute atomic E-state index is 10.2. The summed E-state index contributed by atoms with van der Waals surface area (Å²) in [5, 5.41) is 14.4. The van der Waals surface area contributed by atoms with Crippen LogP contribution in [0.15, 0.2) is 43.0 Å². The molecule has 6 nitrogen and oxygen atoms in total. The SMILES string of the molecule is O[C@H](COc1ccccc1)CN1CCC[C@H](Cn2cncn2)C1. The molecule has 2 atom stereocenters. The van der Waals surface area contributed by atoms with Gasteiger partial charge in [-0.2, -0.15) is 5.10 Å². The summed E-state index contributed by atoms with van der Waals surface area (Å²) < 4.78 is 7.51. The van der Waals surface area contributed by atoms with Crippen LogP contribution in [0.3, 0.4) is 0 Å². The van der Waals surface area contributed by atoms with Crippen molar-refractivity contribution in [1.29, 1.82) is 0 Å². The van der Waals surface area contributed by atoms with E-state index in [4.69, 9.17) is 4.74 Å². The molecule has 1 aromatic carbocycles. The molecule has 0 spiro atoms. The van der Waals surface area contributed by atoms with Crippen LogP contribution < -0.4 is 4.74 Å². The predicted molar refractivity (Wildman–Crippen MR) is 87.1 cm³/mol. The van der Waals surface area contributed by atoms with Crippen molar-refractivity contribution in [2.75, 3.05) is 26.2 Å². The molecule has 2 aromatic rings. The molecule has 0 amide bonds. The number of piperidine rings is 1. The molecule has 1 aliphatic heterocycles. The topological polar surface area (TPSA) is 63.4 Å². The molecule has 1 N–H and O–H groups in total. The molecular formula is C17H24N4O2. The van der Waals surface area contributed by atoms with Crippen molar-refractivity contribution in [2.24, 2.45) is 5.92 Å². The fourth-order valence-electron chi connectivity index (χ4n) is 3.12. The molecule has 6 heteroatoms. The highest BCUT2D eigenvalue weighted by Gasteiger charge is 2.22. The van der Waals surface area contributed by atoms with Crippen molar-refractivity contribution >= 4 is 0 Å². The van der Waals surface area contributed by atoms with Crippen LogP contribution in [0.2, 0.25) is 0 Å². The van der Waals surface area contributed by atoms with E-state index in [1.165, 1.54) is 6.42 Å². The molecule has 2 heterocycles. The number of hydrogen-bond donors (Lipinski definition) is 1. The van der Waals surface area contributed by atoms with Crippen molar-refractivity contribution in [3.63, 3.8) is 0 Å². The fraction of sp³-hybridized carbons (Fsp3) is 0.529. The normalized spacial score (nSPS) is 20.3. The Morgan fingerprint density at radius 1 is 1.30 bits per heavy atom.